The van der Waals surface area contributed by atoms with E-state index in [1.54, 1.807) is 12.3 Å². The van der Waals surface area contributed by atoms with Crippen LogP contribution in [0, 0.1) is 0 Å². The minimum atomic E-state index is -0.105. The van der Waals surface area contributed by atoms with E-state index < -0.39 is 0 Å². The first-order valence-electron chi connectivity index (χ1n) is 7.42. The molecule has 1 amide bonds. The van der Waals surface area contributed by atoms with Gasteiger partial charge in [0.1, 0.15) is 5.69 Å². The van der Waals surface area contributed by atoms with Crippen molar-refractivity contribution in [1.82, 2.24) is 10.3 Å². The molecule has 2 fully saturated rings. The second-order valence-electron chi connectivity index (χ2n) is 5.55. The lowest BCUT2D eigenvalue weighted by Gasteiger charge is -2.19. The van der Waals surface area contributed by atoms with Crippen molar-refractivity contribution in [2.45, 2.75) is 50.9 Å². The molecule has 2 N–H and O–H groups in total. The van der Waals surface area contributed by atoms with Crippen LogP contribution < -0.4 is 10.6 Å². The van der Waals surface area contributed by atoms with Gasteiger partial charge in [0.2, 0.25) is 0 Å². The number of pyridine rings is 1. The van der Waals surface area contributed by atoms with Crippen LogP contribution >= 0.6 is 0 Å². The number of amides is 1. The Morgan fingerprint density at radius 3 is 3.10 bits per heavy atom. The largest absolute Gasteiger partial charge is 0.385 e. The molecule has 3 atom stereocenters. The van der Waals surface area contributed by atoms with E-state index in [1.165, 1.54) is 0 Å². The van der Waals surface area contributed by atoms with E-state index >= 15 is 0 Å². The standard InChI is InChI=1S/C15H21N3O2/c1-2-6-16-10-5-7-17-13(8-10)15(19)18-12-9-11-3-4-14(12)20-11/h5,7-8,11-12,14H,2-4,6,9H2,1H3,(H,16,17)(H,18,19). The summed E-state index contributed by atoms with van der Waals surface area (Å²) in [5.74, 6) is -0.105. The highest BCUT2D eigenvalue weighted by Gasteiger charge is 2.41. The van der Waals surface area contributed by atoms with Gasteiger partial charge in [-0.05, 0) is 37.8 Å². The average molecular weight is 275 g/mol. The molecule has 0 aromatic carbocycles. The highest BCUT2D eigenvalue weighted by molar-refractivity contribution is 5.93. The van der Waals surface area contributed by atoms with Crippen molar-refractivity contribution in [2.75, 3.05) is 11.9 Å². The zero-order valence-corrected chi connectivity index (χ0v) is 11.8. The van der Waals surface area contributed by atoms with Gasteiger partial charge in [-0.25, -0.2) is 0 Å². The van der Waals surface area contributed by atoms with E-state index in [0.29, 0.717) is 11.8 Å². The monoisotopic (exact) mass is 275 g/mol. The Morgan fingerprint density at radius 2 is 2.40 bits per heavy atom. The zero-order chi connectivity index (χ0) is 13.9. The van der Waals surface area contributed by atoms with E-state index in [4.69, 9.17) is 4.74 Å². The molecular formula is C15H21N3O2. The van der Waals surface area contributed by atoms with Crippen LogP contribution in [0.15, 0.2) is 18.3 Å². The van der Waals surface area contributed by atoms with Crippen LogP contribution in [0.4, 0.5) is 5.69 Å². The first kappa shape index (κ1) is 13.4. The highest BCUT2D eigenvalue weighted by atomic mass is 16.5. The molecule has 2 saturated heterocycles. The predicted molar refractivity (Wildman–Crippen MR) is 76.8 cm³/mol. The minimum absolute atomic E-state index is 0.105. The molecule has 2 bridgehead atoms. The third-order valence-corrected chi connectivity index (χ3v) is 3.99. The number of hydrogen-bond donors (Lipinski definition) is 2. The second kappa shape index (κ2) is 5.79. The van der Waals surface area contributed by atoms with Crippen molar-refractivity contribution in [3.63, 3.8) is 0 Å². The second-order valence-corrected chi connectivity index (χ2v) is 5.55. The smallest absolute Gasteiger partial charge is 0.270 e. The predicted octanol–water partition coefficient (Wildman–Crippen LogP) is 1.95. The molecule has 0 radical (unpaired) electrons. The lowest BCUT2D eigenvalue weighted by Crippen LogP contribution is -2.41. The molecule has 20 heavy (non-hydrogen) atoms. The first-order chi connectivity index (χ1) is 9.76. The number of nitrogens with zero attached hydrogens (tertiary/aromatic N) is 1. The number of fused-ring (bicyclic) bond motifs is 2. The van der Waals surface area contributed by atoms with Crippen LogP contribution in [0.3, 0.4) is 0 Å². The maximum atomic E-state index is 12.2. The van der Waals surface area contributed by atoms with Crippen molar-refractivity contribution in [3.05, 3.63) is 24.0 Å². The summed E-state index contributed by atoms with van der Waals surface area (Å²) in [5.41, 5.74) is 1.41. The fourth-order valence-corrected chi connectivity index (χ4v) is 2.97. The molecular weight excluding hydrogens is 254 g/mol. The molecule has 1 aromatic heterocycles. The SMILES string of the molecule is CCCNc1ccnc(C(=O)NC2CC3CCC2O3)c1. The lowest BCUT2D eigenvalue weighted by molar-refractivity contribution is 0.0837. The van der Waals surface area contributed by atoms with E-state index in [9.17, 15) is 4.79 Å². The van der Waals surface area contributed by atoms with Crippen molar-refractivity contribution in [2.24, 2.45) is 0 Å². The van der Waals surface area contributed by atoms with E-state index in [-0.39, 0.29) is 18.1 Å². The molecule has 2 aliphatic rings. The molecule has 5 heteroatoms. The molecule has 3 heterocycles. The number of aromatic nitrogens is 1. The highest BCUT2D eigenvalue weighted by Crippen LogP contribution is 2.34. The fourth-order valence-electron chi connectivity index (χ4n) is 2.97. The van der Waals surface area contributed by atoms with Gasteiger partial charge < -0.3 is 15.4 Å². The minimum Gasteiger partial charge on any atom is -0.385 e. The average Bonchev–Trinajstić information content (AvgIpc) is 3.08. The molecule has 2 aliphatic heterocycles. The maximum Gasteiger partial charge on any atom is 0.270 e. The normalized spacial score (nSPS) is 27.6. The Labute approximate surface area is 119 Å². The topological polar surface area (TPSA) is 63.2 Å². The van der Waals surface area contributed by atoms with Gasteiger partial charge in [0.05, 0.1) is 18.2 Å². The van der Waals surface area contributed by atoms with Crippen molar-refractivity contribution < 1.29 is 9.53 Å². The summed E-state index contributed by atoms with van der Waals surface area (Å²) in [7, 11) is 0. The van der Waals surface area contributed by atoms with Gasteiger partial charge in [0.15, 0.2) is 0 Å². The lowest BCUT2D eigenvalue weighted by atomic mass is 9.95. The number of carbonyl (C=O) groups is 1. The van der Waals surface area contributed by atoms with Crippen LogP contribution in [0.25, 0.3) is 0 Å². The van der Waals surface area contributed by atoms with E-state index in [2.05, 4.69) is 22.5 Å². The first-order valence-corrected chi connectivity index (χ1v) is 7.42. The van der Waals surface area contributed by atoms with Crippen LogP contribution in [0.1, 0.15) is 43.1 Å². The number of hydrogen-bond acceptors (Lipinski definition) is 4. The van der Waals surface area contributed by atoms with Crippen molar-refractivity contribution in [3.8, 4) is 0 Å². The fraction of sp³-hybridized carbons (Fsp3) is 0.600. The summed E-state index contributed by atoms with van der Waals surface area (Å²) in [4.78, 5) is 16.4. The summed E-state index contributed by atoms with van der Waals surface area (Å²) in [5, 5.41) is 6.32. The molecule has 108 valence electrons. The maximum absolute atomic E-state index is 12.2. The van der Waals surface area contributed by atoms with Crippen LogP contribution in [-0.2, 0) is 4.74 Å². The summed E-state index contributed by atoms with van der Waals surface area (Å²) >= 11 is 0. The zero-order valence-electron chi connectivity index (χ0n) is 11.8. The van der Waals surface area contributed by atoms with E-state index in [0.717, 1.165) is 37.9 Å². The third-order valence-electron chi connectivity index (χ3n) is 3.99. The molecule has 3 rings (SSSR count). The number of anilines is 1. The molecule has 0 spiro atoms. The third kappa shape index (κ3) is 2.77. The van der Waals surface area contributed by atoms with Gasteiger partial charge >= 0.3 is 0 Å². The van der Waals surface area contributed by atoms with Crippen molar-refractivity contribution >= 4 is 11.6 Å². The van der Waals surface area contributed by atoms with Crippen LogP contribution in [-0.4, -0.2) is 35.7 Å². The Hall–Kier alpha value is -1.62. The molecule has 1 aromatic rings. The van der Waals surface area contributed by atoms with Gasteiger partial charge in [0.25, 0.3) is 5.91 Å². The number of carbonyl (C=O) groups excluding carboxylic acids is 1. The quantitative estimate of drug-likeness (QED) is 0.862. The summed E-state index contributed by atoms with van der Waals surface area (Å²) in [6.45, 7) is 3.00. The Kier molecular flexibility index (Phi) is 3.87. The molecule has 0 aliphatic carbocycles. The molecule has 5 nitrogen and oxygen atoms in total. The Morgan fingerprint density at radius 1 is 1.50 bits per heavy atom. The van der Waals surface area contributed by atoms with Gasteiger partial charge in [-0.1, -0.05) is 6.92 Å². The van der Waals surface area contributed by atoms with Crippen LogP contribution in [0.5, 0.6) is 0 Å². The van der Waals surface area contributed by atoms with Crippen LogP contribution in [0.2, 0.25) is 0 Å². The molecule has 0 saturated carbocycles. The Balaban J connectivity index is 1.62. The number of ether oxygens (including phenoxy) is 1. The van der Waals surface area contributed by atoms with Gasteiger partial charge in [-0.3, -0.25) is 9.78 Å². The van der Waals surface area contributed by atoms with Gasteiger partial charge in [0, 0.05) is 18.4 Å². The summed E-state index contributed by atoms with van der Waals surface area (Å²) < 4.78 is 5.75. The van der Waals surface area contributed by atoms with Gasteiger partial charge in [-0.15, -0.1) is 0 Å². The van der Waals surface area contributed by atoms with E-state index in [1.807, 2.05) is 6.07 Å². The number of nitrogens with one attached hydrogen (secondary N) is 2. The molecule has 3 unspecified atom stereocenters. The summed E-state index contributed by atoms with van der Waals surface area (Å²) in [6.07, 6.45) is 6.38. The Bertz CT molecular complexity index is 492. The summed E-state index contributed by atoms with van der Waals surface area (Å²) in [6, 6.07) is 3.84. The van der Waals surface area contributed by atoms with Gasteiger partial charge in [-0.2, -0.15) is 0 Å². The number of rotatable bonds is 5. The van der Waals surface area contributed by atoms with Crippen molar-refractivity contribution in [1.29, 1.82) is 0 Å².